The van der Waals surface area contributed by atoms with Crippen molar-refractivity contribution in [1.29, 1.82) is 0 Å². The lowest BCUT2D eigenvalue weighted by atomic mass is 10.3. The Morgan fingerprint density at radius 1 is 1.78 bits per heavy atom. The van der Waals surface area contributed by atoms with Gasteiger partial charge in [0.25, 0.3) is 5.91 Å². The minimum absolute atomic E-state index is 0.248. The Kier molecular flexibility index (Phi) is 1.44. The van der Waals surface area contributed by atoms with Gasteiger partial charge in [-0.05, 0) is 18.2 Å². The molecule has 0 aliphatic carbocycles. The summed E-state index contributed by atoms with van der Waals surface area (Å²) < 4.78 is 0. The highest BCUT2D eigenvalue weighted by Gasteiger charge is 1.96. The van der Waals surface area contributed by atoms with Crippen molar-refractivity contribution in [2.75, 3.05) is 0 Å². The third-order valence-electron chi connectivity index (χ3n) is 0.857. The Morgan fingerprint density at radius 3 is 2.89 bits per heavy atom. The highest BCUT2D eigenvalue weighted by molar-refractivity contribution is 5.90. The zero-order valence-electron chi connectivity index (χ0n) is 4.66. The second-order valence-electron chi connectivity index (χ2n) is 1.51. The van der Waals surface area contributed by atoms with Gasteiger partial charge in [-0.25, -0.2) is 0 Å². The van der Waals surface area contributed by atoms with Crippen LogP contribution in [0.3, 0.4) is 0 Å². The summed E-state index contributed by atoms with van der Waals surface area (Å²) in [4.78, 5) is 14.0. The maximum atomic E-state index is 10.3. The van der Waals surface area contributed by atoms with Gasteiger partial charge in [-0.2, -0.15) is 0 Å². The topological polar surface area (TPSA) is 56.0 Å². The van der Waals surface area contributed by atoms with Gasteiger partial charge in [0.2, 0.25) is 0 Å². The van der Waals surface area contributed by atoms with Crippen molar-refractivity contribution >= 4 is 5.91 Å². The number of aromatic nitrogens is 1. The first-order valence-electron chi connectivity index (χ1n) is 2.42. The van der Waals surface area contributed by atoms with E-state index in [-0.39, 0.29) is 5.69 Å². The molecule has 0 fully saturated rings. The van der Waals surface area contributed by atoms with Crippen LogP contribution in [0.5, 0.6) is 0 Å². The van der Waals surface area contributed by atoms with Crippen LogP contribution in [0.15, 0.2) is 18.3 Å². The van der Waals surface area contributed by atoms with Gasteiger partial charge >= 0.3 is 0 Å². The fourth-order valence-corrected chi connectivity index (χ4v) is 0.460. The second kappa shape index (κ2) is 2.26. The summed E-state index contributed by atoms with van der Waals surface area (Å²) in [6.45, 7) is 0. The van der Waals surface area contributed by atoms with Crippen molar-refractivity contribution < 1.29 is 4.79 Å². The fraction of sp³-hybridized carbons (Fsp3) is 0. The van der Waals surface area contributed by atoms with Gasteiger partial charge in [-0.15, -0.1) is 0 Å². The third kappa shape index (κ3) is 1.25. The van der Waals surface area contributed by atoms with Crippen LogP contribution in [-0.2, 0) is 0 Å². The lowest BCUT2D eigenvalue weighted by molar-refractivity contribution is 0.0995. The Bertz CT molecular complexity index is 208. The first kappa shape index (κ1) is 5.75. The van der Waals surface area contributed by atoms with Gasteiger partial charge in [0.15, 0.2) is 0 Å². The molecule has 0 unspecified atom stereocenters. The summed E-state index contributed by atoms with van der Waals surface area (Å²) in [5.74, 6) is -0.521. The number of nitrogens with zero attached hydrogens (tertiary/aromatic N) is 1. The fourth-order valence-electron chi connectivity index (χ4n) is 0.460. The predicted molar refractivity (Wildman–Crippen MR) is 31.6 cm³/mol. The minimum atomic E-state index is -0.521. The van der Waals surface area contributed by atoms with Gasteiger partial charge in [0.05, 0.1) is 0 Å². The number of carbonyl (C=O) groups excluding carboxylic acids is 1. The molecule has 3 heteroatoms. The van der Waals surface area contributed by atoms with E-state index in [1.54, 1.807) is 6.07 Å². The SMILES string of the molecule is NC(=O)c1c[c]ccn1. The summed E-state index contributed by atoms with van der Waals surface area (Å²) in [6, 6.07) is 5.73. The molecule has 0 bridgehead atoms. The first-order valence-corrected chi connectivity index (χ1v) is 2.42. The molecule has 1 amide bonds. The van der Waals surface area contributed by atoms with Crippen molar-refractivity contribution in [2.24, 2.45) is 5.73 Å². The number of carbonyl (C=O) groups is 1. The van der Waals surface area contributed by atoms with Gasteiger partial charge in [0, 0.05) is 6.20 Å². The van der Waals surface area contributed by atoms with E-state index in [9.17, 15) is 4.79 Å². The molecule has 1 heterocycles. The van der Waals surface area contributed by atoms with Gasteiger partial charge in [-0.1, -0.05) is 0 Å². The average Bonchev–Trinajstić information content (AvgIpc) is 1.90. The summed E-state index contributed by atoms with van der Waals surface area (Å²) in [6.07, 6.45) is 1.47. The molecule has 0 saturated carbocycles. The number of pyridine rings is 1. The van der Waals surface area contributed by atoms with Gasteiger partial charge in [0.1, 0.15) is 5.69 Å². The standard InChI is InChI=1S/C6H5N2O/c7-6(9)5-3-1-2-4-8-5/h2-4H,(H2,7,9). The van der Waals surface area contributed by atoms with Crippen LogP contribution in [0.2, 0.25) is 0 Å². The quantitative estimate of drug-likeness (QED) is 0.567. The van der Waals surface area contributed by atoms with Crippen LogP contribution < -0.4 is 5.73 Å². The van der Waals surface area contributed by atoms with Crippen molar-refractivity contribution in [3.8, 4) is 0 Å². The number of primary amides is 1. The lowest BCUT2D eigenvalue weighted by Crippen LogP contribution is -2.12. The Labute approximate surface area is 52.5 Å². The van der Waals surface area contributed by atoms with Crippen LogP contribution >= 0.6 is 0 Å². The molecular weight excluding hydrogens is 116 g/mol. The second-order valence-corrected chi connectivity index (χ2v) is 1.51. The summed E-state index contributed by atoms with van der Waals surface area (Å²) in [5, 5.41) is 0. The summed E-state index contributed by atoms with van der Waals surface area (Å²) >= 11 is 0. The first-order chi connectivity index (χ1) is 4.30. The number of hydrogen-bond donors (Lipinski definition) is 1. The van der Waals surface area contributed by atoms with Crippen LogP contribution in [-0.4, -0.2) is 10.9 Å². The Balaban J connectivity index is 2.98. The van der Waals surface area contributed by atoms with E-state index in [0.29, 0.717) is 0 Å². The van der Waals surface area contributed by atoms with E-state index in [0.717, 1.165) is 0 Å². The molecule has 2 N–H and O–H groups in total. The molecule has 0 spiro atoms. The Hall–Kier alpha value is -1.38. The monoisotopic (exact) mass is 121 g/mol. The van der Waals surface area contributed by atoms with Crippen LogP contribution in [0.1, 0.15) is 10.5 Å². The van der Waals surface area contributed by atoms with Crippen molar-refractivity contribution in [1.82, 2.24) is 4.98 Å². The average molecular weight is 121 g/mol. The normalized spacial score (nSPS) is 8.89. The van der Waals surface area contributed by atoms with Crippen LogP contribution in [0, 0.1) is 6.07 Å². The maximum absolute atomic E-state index is 10.3. The van der Waals surface area contributed by atoms with Crippen molar-refractivity contribution in [2.45, 2.75) is 0 Å². The zero-order chi connectivity index (χ0) is 6.69. The van der Waals surface area contributed by atoms with Crippen molar-refractivity contribution in [3.63, 3.8) is 0 Å². The molecule has 0 aliphatic heterocycles. The van der Waals surface area contributed by atoms with E-state index in [1.807, 2.05) is 0 Å². The van der Waals surface area contributed by atoms with Crippen LogP contribution in [0.25, 0.3) is 0 Å². The smallest absolute Gasteiger partial charge is 0.267 e. The molecule has 0 aliphatic rings. The molecule has 1 rings (SSSR count). The highest BCUT2D eigenvalue weighted by atomic mass is 16.1. The van der Waals surface area contributed by atoms with Gasteiger partial charge < -0.3 is 5.73 Å². The van der Waals surface area contributed by atoms with Gasteiger partial charge in [-0.3, -0.25) is 9.78 Å². The zero-order valence-corrected chi connectivity index (χ0v) is 4.66. The van der Waals surface area contributed by atoms with E-state index in [2.05, 4.69) is 11.1 Å². The van der Waals surface area contributed by atoms with E-state index >= 15 is 0 Å². The molecule has 1 radical (unpaired) electrons. The molecule has 0 atom stereocenters. The van der Waals surface area contributed by atoms with Crippen LogP contribution in [0.4, 0.5) is 0 Å². The number of amides is 1. The third-order valence-corrected chi connectivity index (χ3v) is 0.857. The molecule has 1 aromatic heterocycles. The Morgan fingerprint density at radius 2 is 2.56 bits per heavy atom. The molecule has 3 nitrogen and oxygen atoms in total. The largest absolute Gasteiger partial charge is 0.364 e. The lowest BCUT2D eigenvalue weighted by Gasteiger charge is -1.88. The minimum Gasteiger partial charge on any atom is -0.364 e. The molecular formula is C6H5N2O. The van der Waals surface area contributed by atoms with E-state index in [1.165, 1.54) is 12.3 Å². The number of hydrogen-bond acceptors (Lipinski definition) is 2. The van der Waals surface area contributed by atoms with Crippen molar-refractivity contribution in [3.05, 3.63) is 30.1 Å². The van der Waals surface area contributed by atoms with E-state index < -0.39 is 5.91 Å². The number of nitrogens with two attached hydrogens (primary N) is 1. The molecule has 0 aromatic carbocycles. The summed E-state index contributed by atoms with van der Waals surface area (Å²) in [5.41, 5.74) is 5.14. The molecule has 1 aromatic rings. The predicted octanol–water partition coefficient (Wildman–Crippen LogP) is -0.0193. The molecule has 0 saturated heterocycles. The maximum Gasteiger partial charge on any atom is 0.267 e. The highest BCUT2D eigenvalue weighted by Crippen LogP contribution is 1.88. The summed E-state index contributed by atoms with van der Waals surface area (Å²) in [7, 11) is 0. The molecule has 45 valence electrons. The van der Waals surface area contributed by atoms with E-state index in [4.69, 9.17) is 5.73 Å². The number of rotatable bonds is 1. The molecule has 9 heavy (non-hydrogen) atoms.